The summed E-state index contributed by atoms with van der Waals surface area (Å²) < 4.78 is 0. The minimum atomic E-state index is 0.346. The fraction of sp³-hybridized carbons (Fsp3) is 0.933. The van der Waals surface area contributed by atoms with E-state index in [9.17, 15) is 4.79 Å². The lowest BCUT2D eigenvalue weighted by Crippen LogP contribution is -2.52. The van der Waals surface area contributed by atoms with Gasteiger partial charge in [0.15, 0.2) is 0 Å². The van der Waals surface area contributed by atoms with Crippen molar-refractivity contribution in [2.24, 2.45) is 11.7 Å². The first-order valence-corrected chi connectivity index (χ1v) is 7.80. The molecule has 110 valence electrons. The third kappa shape index (κ3) is 4.18. The molecule has 1 heterocycles. The van der Waals surface area contributed by atoms with E-state index in [2.05, 4.69) is 18.9 Å². The van der Waals surface area contributed by atoms with Crippen LogP contribution in [0.4, 0.5) is 0 Å². The molecule has 1 aliphatic heterocycles. The lowest BCUT2D eigenvalue weighted by molar-refractivity contribution is -0.134. The summed E-state index contributed by atoms with van der Waals surface area (Å²) in [6.07, 6.45) is 6.54. The van der Waals surface area contributed by atoms with Gasteiger partial charge in [-0.15, -0.1) is 0 Å². The van der Waals surface area contributed by atoms with Gasteiger partial charge >= 0.3 is 0 Å². The highest BCUT2D eigenvalue weighted by atomic mass is 16.2. The second-order valence-corrected chi connectivity index (χ2v) is 6.50. The van der Waals surface area contributed by atoms with E-state index in [1.807, 2.05) is 4.90 Å². The number of rotatable bonds is 3. The van der Waals surface area contributed by atoms with E-state index in [0.29, 0.717) is 30.3 Å². The first kappa shape index (κ1) is 14.8. The molecule has 0 radical (unpaired) electrons. The molecule has 1 saturated carbocycles. The maximum atomic E-state index is 12.3. The van der Waals surface area contributed by atoms with Gasteiger partial charge in [0.05, 0.1) is 0 Å². The summed E-state index contributed by atoms with van der Waals surface area (Å²) in [6, 6.07) is 0.860. The molecule has 0 spiro atoms. The van der Waals surface area contributed by atoms with Crippen molar-refractivity contribution >= 4 is 5.91 Å². The highest BCUT2D eigenvalue weighted by Gasteiger charge is 2.25. The number of likely N-dealkylation sites (N-methyl/N-ethyl adjacent to an activating group) is 1. The largest absolute Gasteiger partial charge is 0.340 e. The Morgan fingerprint density at radius 1 is 1.32 bits per heavy atom. The van der Waals surface area contributed by atoms with Crippen molar-refractivity contribution in [3.8, 4) is 0 Å². The zero-order valence-electron chi connectivity index (χ0n) is 12.5. The second kappa shape index (κ2) is 6.71. The van der Waals surface area contributed by atoms with Gasteiger partial charge in [-0.25, -0.2) is 0 Å². The molecule has 2 aliphatic rings. The van der Waals surface area contributed by atoms with Crippen molar-refractivity contribution in [2.45, 2.75) is 57.5 Å². The molecule has 0 aromatic carbocycles. The smallest absolute Gasteiger partial charge is 0.222 e. The van der Waals surface area contributed by atoms with Crippen LogP contribution >= 0.6 is 0 Å². The Morgan fingerprint density at radius 3 is 2.79 bits per heavy atom. The molecule has 2 N–H and O–H groups in total. The Labute approximate surface area is 117 Å². The SMILES string of the molecule is CC1CN(C(=O)CCC2CCCC(N)C2)CCN1C. The number of carbonyl (C=O) groups excluding carboxylic acids is 1. The molecule has 0 aromatic heterocycles. The Kier molecular flexibility index (Phi) is 5.22. The minimum Gasteiger partial charge on any atom is -0.340 e. The van der Waals surface area contributed by atoms with Crippen LogP contribution in [0.25, 0.3) is 0 Å². The van der Waals surface area contributed by atoms with Crippen molar-refractivity contribution in [1.29, 1.82) is 0 Å². The quantitative estimate of drug-likeness (QED) is 0.842. The summed E-state index contributed by atoms with van der Waals surface area (Å²) >= 11 is 0. The van der Waals surface area contributed by atoms with Gasteiger partial charge in [-0.3, -0.25) is 4.79 Å². The van der Waals surface area contributed by atoms with E-state index in [1.54, 1.807) is 0 Å². The highest BCUT2D eigenvalue weighted by Crippen LogP contribution is 2.27. The summed E-state index contributed by atoms with van der Waals surface area (Å²) in [5, 5.41) is 0. The lowest BCUT2D eigenvalue weighted by atomic mass is 9.83. The average molecular weight is 267 g/mol. The fourth-order valence-corrected chi connectivity index (χ4v) is 3.36. The van der Waals surface area contributed by atoms with Gasteiger partial charge in [-0.2, -0.15) is 0 Å². The van der Waals surface area contributed by atoms with Crippen molar-refractivity contribution < 1.29 is 4.79 Å². The summed E-state index contributed by atoms with van der Waals surface area (Å²) in [5.74, 6) is 1.02. The van der Waals surface area contributed by atoms with Crippen LogP contribution in [0.15, 0.2) is 0 Å². The molecular weight excluding hydrogens is 238 g/mol. The molecule has 1 aliphatic carbocycles. The number of amides is 1. The monoisotopic (exact) mass is 267 g/mol. The predicted molar refractivity (Wildman–Crippen MR) is 77.8 cm³/mol. The Balaban J connectivity index is 1.72. The molecule has 2 fully saturated rings. The molecule has 0 aromatic rings. The molecule has 1 amide bonds. The second-order valence-electron chi connectivity index (χ2n) is 6.50. The van der Waals surface area contributed by atoms with E-state index >= 15 is 0 Å². The topological polar surface area (TPSA) is 49.6 Å². The van der Waals surface area contributed by atoms with Crippen LogP contribution in [0.5, 0.6) is 0 Å². The molecule has 2 rings (SSSR count). The maximum absolute atomic E-state index is 12.3. The zero-order chi connectivity index (χ0) is 13.8. The van der Waals surface area contributed by atoms with E-state index in [1.165, 1.54) is 19.3 Å². The number of nitrogens with two attached hydrogens (primary N) is 1. The van der Waals surface area contributed by atoms with Gasteiger partial charge in [-0.1, -0.05) is 12.8 Å². The molecule has 4 heteroatoms. The Morgan fingerprint density at radius 2 is 2.11 bits per heavy atom. The number of hydrogen-bond acceptors (Lipinski definition) is 3. The van der Waals surface area contributed by atoms with E-state index < -0.39 is 0 Å². The van der Waals surface area contributed by atoms with Crippen LogP contribution in [0, 0.1) is 5.92 Å². The van der Waals surface area contributed by atoms with Crippen LogP contribution in [-0.2, 0) is 4.79 Å². The summed E-state index contributed by atoms with van der Waals surface area (Å²) in [5.41, 5.74) is 6.01. The predicted octanol–water partition coefficient (Wildman–Crippen LogP) is 1.45. The third-order valence-electron chi connectivity index (χ3n) is 4.90. The standard InChI is InChI=1S/C15H29N3O/c1-12-11-18(9-8-17(12)2)15(19)7-6-13-4-3-5-14(16)10-13/h12-14H,3-11,16H2,1-2H3. The number of nitrogens with zero attached hydrogens (tertiary/aromatic N) is 2. The molecule has 1 saturated heterocycles. The van der Waals surface area contributed by atoms with Crippen molar-refractivity contribution in [2.75, 3.05) is 26.7 Å². The van der Waals surface area contributed by atoms with Crippen LogP contribution in [0.1, 0.15) is 45.4 Å². The van der Waals surface area contributed by atoms with Crippen LogP contribution < -0.4 is 5.73 Å². The van der Waals surface area contributed by atoms with Crippen molar-refractivity contribution in [1.82, 2.24) is 9.80 Å². The summed E-state index contributed by atoms with van der Waals surface area (Å²) in [7, 11) is 2.13. The highest BCUT2D eigenvalue weighted by molar-refractivity contribution is 5.76. The van der Waals surface area contributed by atoms with Crippen LogP contribution in [-0.4, -0.2) is 54.5 Å². The van der Waals surface area contributed by atoms with Gasteiger partial charge in [-0.05, 0) is 39.2 Å². The molecule has 4 nitrogen and oxygen atoms in total. The lowest BCUT2D eigenvalue weighted by Gasteiger charge is -2.38. The van der Waals surface area contributed by atoms with E-state index in [0.717, 1.165) is 32.5 Å². The molecule has 19 heavy (non-hydrogen) atoms. The maximum Gasteiger partial charge on any atom is 0.222 e. The van der Waals surface area contributed by atoms with E-state index in [-0.39, 0.29) is 0 Å². The number of carbonyl (C=O) groups is 1. The number of hydrogen-bond donors (Lipinski definition) is 1. The van der Waals surface area contributed by atoms with Gasteiger partial charge in [0.1, 0.15) is 0 Å². The Bertz CT molecular complexity index is 308. The summed E-state index contributed by atoms with van der Waals surface area (Å²) in [4.78, 5) is 16.6. The van der Waals surface area contributed by atoms with Gasteiger partial charge in [0.2, 0.25) is 5.91 Å². The fourth-order valence-electron chi connectivity index (χ4n) is 3.36. The molecule has 3 unspecified atom stereocenters. The Hall–Kier alpha value is -0.610. The minimum absolute atomic E-state index is 0.346. The number of piperazine rings is 1. The van der Waals surface area contributed by atoms with Crippen molar-refractivity contribution in [3.63, 3.8) is 0 Å². The molecule has 0 bridgehead atoms. The van der Waals surface area contributed by atoms with Gasteiger partial charge < -0.3 is 15.5 Å². The first-order valence-electron chi connectivity index (χ1n) is 7.80. The molecular formula is C15H29N3O. The van der Waals surface area contributed by atoms with Gasteiger partial charge in [0, 0.05) is 38.1 Å². The first-order chi connectivity index (χ1) is 9.06. The average Bonchev–Trinajstić information content (AvgIpc) is 2.39. The van der Waals surface area contributed by atoms with Crippen molar-refractivity contribution in [3.05, 3.63) is 0 Å². The normalized spacial score (nSPS) is 33.4. The zero-order valence-corrected chi connectivity index (χ0v) is 12.5. The third-order valence-corrected chi connectivity index (χ3v) is 4.90. The van der Waals surface area contributed by atoms with Crippen LogP contribution in [0.3, 0.4) is 0 Å². The molecule has 3 atom stereocenters. The van der Waals surface area contributed by atoms with E-state index in [4.69, 9.17) is 5.73 Å². The van der Waals surface area contributed by atoms with Crippen LogP contribution in [0.2, 0.25) is 0 Å². The van der Waals surface area contributed by atoms with Gasteiger partial charge in [0.25, 0.3) is 0 Å². The summed E-state index contributed by atoms with van der Waals surface area (Å²) in [6.45, 7) is 4.98.